The van der Waals surface area contributed by atoms with Crippen molar-refractivity contribution in [1.82, 2.24) is 5.32 Å². The second-order valence-electron chi connectivity index (χ2n) is 4.22. The normalized spacial score (nSPS) is 12.4. The van der Waals surface area contributed by atoms with E-state index in [4.69, 9.17) is 11.6 Å². The Bertz CT molecular complexity index is 533. The first-order valence-corrected chi connectivity index (χ1v) is 7.24. The number of alkyl halides is 1. The predicted molar refractivity (Wildman–Crippen MR) is 80.8 cm³/mol. The van der Waals surface area contributed by atoms with Gasteiger partial charge in [-0.3, -0.25) is 0 Å². The van der Waals surface area contributed by atoms with E-state index in [1.165, 1.54) is 6.07 Å². The van der Waals surface area contributed by atoms with Crippen molar-refractivity contribution in [2.75, 3.05) is 6.54 Å². The van der Waals surface area contributed by atoms with E-state index in [2.05, 4.69) is 21.2 Å². The fraction of sp³-hybridized carbons (Fsp3) is 0.200. The van der Waals surface area contributed by atoms with Crippen molar-refractivity contribution in [3.8, 4) is 0 Å². The largest absolute Gasteiger partial charge is 0.311 e. The van der Waals surface area contributed by atoms with Crippen molar-refractivity contribution in [3.63, 3.8) is 0 Å². The van der Waals surface area contributed by atoms with Crippen molar-refractivity contribution in [2.24, 2.45) is 0 Å². The second kappa shape index (κ2) is 7.04. The van der Waals surface area contributed by atoms with E-state index in [1.807, 2.05) is 36.4 Å². The van der Waals surface area contributed by atoms with Crippen molar-refractivity contribution >= 4 is 27.5 Å². The predicted octanol–water partition coefficient (Wildman–Crippen LogP) is 4.66. The van der Waals surface area contributed by atoms with Crippen molar-refractivity contribution in [2.45, 2.75) is 11.9 Å². The van der Waals surface area contributed by atoms with E-state index >= 15 is 0 Å². The molecule has 2 rings (SSSR count). The zero-order valence-corrected chi connectivity index (χ0v) is 12.6. The SMILES string of the molecule is Fc1cccc(CNCC(Cl)c2ccccc2)c1Br. The number of rotatable bonds is 5. The molecule has 0 radical (unpaired) electrons. The first kappa shape index (κ1) is 14.5. The van der Waals surface area contributed by atoms with Crippen molar-refractivity contribution in [1.29, 1.82) is 0 Å². The molecule has 2 aromatic carbocycles. The minimum absolute atomic E-state index is 0.0893. The minimum Gasteiger partial charge on any atom is -0.311 e. The smallest absolute Gasteiger partial charge is 0.137 e. The zero-order chi connectivity index (χ0) is 13.7. The number of halogens is 3. The molecular weight excluding hydrogens is 329 g/mol. The molecule has 100 valence electrons. The number of benzene rings is 2. The lowest BCUT2D eigenvalue weighted by molar-refractivity contribution is 0.611. The third kappa shape index (κ3) is 4.03. The lowest BCUT2D eigenvalue weighted by atomic mass is 10.1. The highest BCUT2D eigenvalue weighted by Gasteiger charge is 2.08. The molecule has 0 aliphatic rings. The highest BCUT2D eigenvalue weighted by atomic mass is 79.9. The van der Waals surface area contributed by atoms with Crippen LogP contribution in [0.4, 0.5) is 4.39 Å². The Labute approximate surface area is 125 Å². The van der Waals surface area contributed by atoms with Crippen LogP contribution in [0.3, 0.4) is 0 Å². The molecule has 0 fully saturated rings. The van der Waals surface area contributed by atoms with Gasteiger partial charge in [-0.1, -0.05) is 42.5 Å². The van der Waals surface area contributed by atoms with Gasteiger partial charge in [0.1, 0.15) is 5.82 Å². The molecule has 0 spiro atoms. The van der Waals surface area contributed by atoms with Crippen molar-refractivity contribution in [3.05, 3.63) is 69.9 Å². The Balaban J connectivity index is 1.88. The standard InChI is InChI=1S/C15H14BrClFN/c16-15-12(7-4-8-14(15)18)9-19-10-13(17)11-5-2-1-3-6-11/h1-8,13,19H,9-10H2. The molecule has 1 nitrogen and oxygen atoms in total. The summed E-state index contributed by atoms with van der Waals surface area (Å²) >= 11 is 9.54. The molecule has 0 aliphatic carbocycles. The summed E-state index contributed by atoms with van der Waals surface area (Å²) in [5.74, 6) is -0.246. The molecule has 4 heteroatoms. The molecule has 19 heavy (non-hydrogen) atoms. The average Bonchev–Trinajstić information content (AvgIpc) is 2.44. The Morgan fingerprint density at radius 2 is 1.84 bits per heavy atom. The third-order valence-electron chi connectivity index (χ3n) is 2.83. The van der Waals surface area contributed by atoms with Gasteiger partial charge in [0.15, 0.2) is 0 Å². The van der Waals surface area contributed by atoms with Gasteiger partial charge in [0.2, 0.25) is 0 Å². The summed E-state index contributed by atoms with van der Waals surface area (Å²) in [7, 11) is 0. The maximum absolute atomic E-state index is 13.3. The molecular formula is C15H14BrClFN. The van der Waals surface area contributed by atoms with Gasteiger partial charge in [0.25, 0.3) is 0 Å². The molecule has 0 saturated heterocycles. The molecule has 1 N–H and O–H groups in total. The van der Waals surface area contributed by atoms with Gasteiger partial charge in [-0.2, -0.15) is 0 Å². The van der Waals surface area contributed by atoms with Crippen LogP contribution in [0.2, 0.25) is 0 Å². The molecule has 0 amide bonds. The van der Waals surface area contributed by atoms with Crippen LogP contribution >= 0.6 is 27.5 Å². The first-order valence-electron chi connectivity index (χ1n) is 6.01. The lowest BCUT2D eigenvalue weighted by Gasteiger charge is -2.12. The van der Waals surface area contributed by atoms with Gasteiger partial charge in [0.05, 0.1) is 9.85 Å². The quantitative estimate of drug-likeness (QED) is 0.779. The summed E-state index contributed by atoms with van der Waals surface area (Å²) in [6, 6.07) is 14.9. The lowest BCUT2D eigenvalue weighted by Crippen LogP contribution is -2.19. The summed E-state index contributed by atoms with van der Waals surface area (Å²) in [4.78, 5) is 0. The Morgan fingerprint density at radius 3 is 2.58 bits per heavy atom. The van der Waals surface area contributed by atoms with E-state index in [0.29, 0.717) is 17.6 Å². The van der Waals surface area contributed by atoms with Crippen LogP contribution in [0.15, 0.2) is 53.0 Å². The van der Waals surface area contributed by atoms with Crippen LogP contribution in [-0.2, 0) is 6.54 Å². The van der Waals surface area contributed by atoms with E-state index in [1.54, 1.807) is 6.07 Å². The number of hydrogen-bond donors (Lipinski definition) is 1. The highest BCUT2D eigenvalue weighted by molar-refractivity contribution is 9.10. The molecule has 1 atom stereocenters. The van der Waals surface area contributed by atoms with E-state index in [0.717, 1.165) is 11.1 Å². The van der Waals surface area contributed by atoms with Crippen LogP contribution in [0.1, 0.15) is 16.5 Å². The third-order valence-corrected chi connectivity index (χ3v) is 4.13. The van der Waals surface area contributed by atoms with Gasteiger partial charge in [0, 0.05) is 13.1 Å². The molecule has 0 saturated carbocycles. The van der Waals surface area contributed by atoms with Gasteiger partial charge in [-0.05, 0) is 33.1 Å². The minimum atomic E-state index is -0.246. The average molecular weight is 343 g/mol. The fourth-order valence-corrected chi connectivity index (χ4v) is 2.46. The Kier molecular flexibility index (Phi) is 5.37. The first-order chi connectivity index (χ1) is 9.18. The summed E-state index contributed by atoms with van der Waals surface area (Å²) in [5.41, 5.74) is 1.96. The molecule has 0 bridgehead atoms. The zero-order valence-electron chi connectivity index (χ0n) is 10.2. The molecule has 0 heterocycles. The summed E-state index contributed by atoms with van der Waals surface area (Å²) in [5, 5.41) is 3.15. The topological polar surface area (TPSA) is 12.0 Å². The maximum atomic E-state index is 13.3. The molecule has 1 unspecified atom stereocenters. The van der Waals surface area contributed by atoms with Crippen LogP contribution in [-0.4, -0.2) is 6.54 Å². The number of hydrogen-bond acceptors (Lipinski definition) is 1. The highest BCUT2D eigenvalue weighted by Crippen LogP contribution is 2.21. The molecule has 0 aromatic heterocycles. The van der Waals surface area contributed by atoms with Crippen molar-refractivity contribution < 1.29 is 4.39 Å². The van der Waals surface area contributed by atoms with Gasteiger partial charge < -0.3 is 5.32 Å². The number of nitrogens with one attached hydrogen (secondary N) is 1. The van der Waals surface area contributed by atoms with Gasteiger partial charge in [-0.15, -0.1) is 11.6 Å². The monoisotopic (exact) mass is 341 g/mol. The summed E-state index contributed by atoms with van der Waals surface area (Å²) < 4.78 is 13.8. The molecule has 2 aromatic rings. The summed E-state index contributed by atoms with van der Waals surface area (Å²) in [6.07, 6.45) is 0. The van der Waals surface area contributed by atoms with Crippen LogP contribution in [0.5, 0.6) is 0 Å². The van der Waals surface area contributed by atoms with E-state index in [-0.39, 0.29) is 11.2 Å². The van der Waals surface area contributed by atoms with Crippen LogP contribution in [0, 0.1) is 5.82 Å². The van der Waals surface area contributed by atoms with Gasteiger partial charge in [-0.25, -0.2) is 4.39 Å². The Hall–Kier alpha value is -0.900. The van der Waals surface area contributed by atoms with Crippen LogP contribution in [0.25, 0.3) is 0 Å². The fourth-order valence-electron chi connectivity index (χ4n) is 1.80. The summed E-state index contributed by atoms with van der Waals surface area (Å²) in [6.45, 7) is 1.21. The second-order valence-corrected chi connectivity index (χ2v) is 5.54. The maximum Gasteiger partial charge on any atom is 0.137 e. The van der Waals surface area contributed by atoms with Gasteiger partial charge >= 0.3 is 0 Å². The molecule has 0 aliphatic heterocycles. The van der Waals surface area contributed by atoms with E-state index < -0.39 is 0 Å². The van der Waals surface area contributed by atoms with E-state index in [9.17, 15) is 4.39 Å². The Morgan fingerprint density at radius 1 is 1.11 bits per heavy atom. The van der Waals surface area contributed by atoms with Crippen LogP contribution < -0.4 is 5.32 Å².